The molecule has 3 aliphatic heterocycles. The zero-order chi connectivity index (χ0) is 16.8. The van der Waals surface area contributed by atoms with Crippen LogP contribution in [0.15, 0.2) is 12.2 Å². The van der Waals surface area contributed by atoms with E-state index in [0.29, 0.717) is 0 Å². The van der Waals surface area contributed by atoms with Gasteiger partial charge in [0.25, 0.3) is 0 Å². The number of piperidine rings is 1. The SMILES string of the molecule is CC1CC(C)CN(CCN2CCN(CCCN3CC=CCC3)C2)C1. The van der Waals surface area contributed by atoms with Crippen molar-refractivity contribution in [2.24, 2.45) is 11.8 Å². The third kappa shape index (κ3) is 5.83. The molecule has 4 nitrogen and oxygen atoms in total. The zero-order valence-electron chi connectivity index (χ0n) is 16.0. The topological polar surface area (TPSA) is 13.0 Å². The molecule has 3 aliphatic rings. The summed E-state index contributed by atoms with van der Waals surface area (Å²) < 4.78 is 0. The summed E-state index contributed by atoms with van der Waals surface area (Å²) in [4.78, 5) is 10.6. The van der Waals surface area contributed by atoms with Crippen LogP contribution < -0.4 is 0 Å². The number of hydrogen-bond acceptors (Lipinski definition) is 4. The molecule has 3 rings (SSSR count). The van der Waals surface area contributed by atoms with E-state index in [1.165, 1.54) is 91.4 Å². The van der Waals surface area contributed by atoms with Crippen LogP contribution in [0, 0.1) is 11.8 Å². The normalized spacial score (nSPS) is 31.1. The maximum atomic E-state index is 2.70. The number of likely N-dealkylation sites (tertiary alicyclic amines) is 1. The van der Waals surface area contributed by atoms with Gasteiger partial charge >= 0.3 is 0 Å². The molecule has 0 N–H and O–H groups in total. The zero-order valence-corrected chi connectivity index (χ0v) is 16.0. The summed E-state index contributed by atoms with van der Waals surface area (Å²) in [6.07, 6.45) is 8.62. The predicted octanol–water partition coefficient (Wildman–Crippen LogP) is 2.19. The van der Waals surface area contributed by atoms with Crippen LogP contribution in [0.5, 0.6) is 0 Å². The van der Waals surface area contributed by atoms with E-state index >= 15 is 0 Å². The van der Waals surface area contributed by atoms with E-state index in [0.717, 1.165) is 11.8 Å². The first-order valence-electron chi connectivity index (χ1n) is 10.2. The van der Waals surface area contributed by atoms with Crippen molar-refractivity contribution in [3.63, 3.8) is 0 Å². The van der Waals surface area contributed by atoms with E-state index < -0.39 is 0 Å². The maximum Gasteiger partial charge on any atom is 0.0507 e. The van der Waals surface area contributed by atoms with E-state index in [9.17, 15) is 0 Å². The third-order valence-electron chi connectivity index (χ3n) is 5.90. The quantitative estimate of drug-likeness (QED) is 0.662. The molecular weight excluding hydrogens is 296 g/mol. The molecule has 4 heteroatoms. The van der Waals surface area contributed by atoms with Gasteiger partial charge in [0.15, 0.2) is 0 Å². The Morgan fingerprint density at radius 3 is 2.12 bits per heavy atom. The molecule has 0 bridgehead atoms. The summed E-state index contributed by atoms with van der Waals surface area (Å²) in [6, 6.07) is 0. The highest BCUT2D eigenvalue weighted by Gasteiger charge is 2.24. The van der Waals surface area contributed by atoms with Gasteiger partial charge in [-0.05, 0) is 37.6 Å². The predicted molar refractivity (Wildman–Crippen MR) is 102 cm³/mol. The van der Waals surface area contributed by atoms with Gasteiger partial charge in [-0.1, -0.05) is 26.0 Å². The minimum absolute atomic E-state index is 0.883. The Labute approximate surface area is 149 Å². The Balaban J connectivity index is 1.27. The van der Waals surface area contributed by atoms with Crippen molar-refractivity contribution < 1.29 is 0 Å². The summed E-state index contributed by atoms with van der Waals surface area (Å²) in [5, 5.41) is 0. The van der Waals surface area contributed by atoms with Crippen molar-refractivity contribution in [3.05, 3.63) is 12.2 Å². The Hall–Kier alpha value is -0.420. The van der Waals surface area contributed by atoms with Crippen molar-refractivity contribution in [1.29, 1.82) is 0 Å². The third-order valence-corrected chi connectivity index (χ3v) is 5.90. The average Bonchev–Trinajstić information content (AvgIpc) is 3.01. The van der Waals surface area contributed by atoms with Crippen LogP contribution in [0.1, 0.15) is 33.1 Å². The molecule has 2 unspecified atom stereocenters. The first-order valence-corrected chi connectivity index (χ1v) is 10.2. The highest BCUT2D eigenvalue weighted by Crippen LogP contribution is 2.20. The molecule has 2 atom stereocenters. The number of rotatable bonds is 7. The van der Waals surface area contributed by atoms with Crippen molar-refractivity contribution in [3.8, 4) is 0 Å². The molecular formula is C20H38N4. The molecule has 2 fully saturated rings. The summed E-state index contributed by atoms with van der Waals surface area (Å²) >= 11 is 0. The first-order chi connectivity index (χ1) is 11.7. The van der Waals surface area contributed by atoms with Gasteiger partial charge < -0.3 is 4.90 Å². The first kappa shape index (κ1) is 18.4. The van der Waals surface area contributed by atoms with Crippen molar-refractivity contribution in [2.75, 3.05) is 72.1 Å². The molecule has 0 saturated carbocycles. The van der Waals surface area contributed by atoms with Crippen molar-refractivity contribution in [1.82, 2.24) is 19.6 Å². The minimum atomic E-state index is 0.883. The summed E-state index contributed by atoms with van der Waals surface area (Å²) in [6.45, 7) is 18.7. The molecule has 3 heterocycles. The molecule has 0 radical (unpaired) electrons. The Morgan fingerprint density at radius 1 is 0.750 bits per heavy atom. The highest BCUT2D eigenvalue weighted by atomic mass is 15.4. The van der Waals surface area contributed by atoms with Gasteiger partial charge in [-0.25, -0.2) is 0 Å². The second kappa shape index (κ2) is 9.33. The van der Waals surface area contributed by atoms with Crippen molar-refractivity contribution >= 4 is 0 Å². The Bertz CT molecular complexity index is 387. The van der Waals surface area contributed by atoms with Crippen LogP contribution in [0.3, 0.4) is 0 Å². The lowest BCUT2D eigenvalue weighted by Gasteiger charge is -2.35. The largest absolute Gasteiger partial charge is 0.302 e. The second-order valence-corrected chi connectivity index (χ2v) is 8.50. The summed E-state index contributed by atoms with van der Waals surface area (Å²) in [5.41, 5.74) is 0. The van der Waals surface area contributed by atoms with Crippen molar-refractivity contribution in [2.45, 2.75) is 33.1 Å². The molecule has 24 heavy (non-hydrogen) atoms. The van der Waals surface area contributed by atoms with E-state index in [1.54, 1.807) is 0 Å². The summed E-state index contributed by atoms with van der Waals surface area (Å²) in [5.74, 6) is 1.77. The van der Waals surface area contributed by atoms with Crippen LogP contribution in [0.2, 0.25) is 0 Å². The number of hydrogen-bond donors (Lipinski definition) is 0. The molecule has 0 aromatic carbocycles. The molecule has 0 spiro atoms. The van der Waals surface area contributed by atoms with Crippen LogP contribution in [-0.2, 0) is 0 Å². The lowest BCUT2D eigenvalue weighted by atomic mass is 9.92. The lowest BCUT2D eigenvalue weighted by molar-refractivity contribution is 0.122. The Kier molecular flexibility index (Phi) is 7.14. The van der Waals surface area contributed by atoms with Gasteiger partial charge in [-0.2, -0.15) is 0 Å². The van der Waals surface area contributed by atoms with Crippen LogP contribution in [0.4, 0.5) is 0 Å². The molecule has 0 amide bonds. The van der Waals surface area contributed by atoms with Gasteiger partial charge in [0.2, 0.25) is 0 Å². The van der Waals surface area contributed by atoms with Gasteiger partial charge in [0, 0.05) is 58.9 Å². The Morgan fingerprint density at radius 2 is 1.42 bits per heavy atom. The highest BCUT2D eigenvalue weighted by molar-refractivity contribution is 4.90. The maximum absolute atomic E-state index is 2.70. The van der Waals surface area contributed by atoms with Gasteiger partial charge in [0.1, 0.15) is 0 Å². The molecule has 0 aromatic rings. The van der Waals surface area contributed by atoms with Gasteiger partial charge in [0.05, 0.1) is 6.67 Å². The fourth-order valence-corrected chi connectivity index (χ4v) is 4.74. The van der Waals surface area contributed by atoms with E-state index in [2.05, 4.69) is 45.6 Å². The molecule has 2 saturated heterocycles. The fraction of sp³-hybridized carbons (Fsp3) is 0.900. The summed E-state index contributed by atoms with van der Waals surface area (Å²) in [7, 11) is 0. The van der Waals surface area contributed by atoms with E-state index in [4.69, 9.17) is 0 Å². The van der Waals surface area contributed by atoms with Gasteiger partial charge in [-0.15, -0.1) is 0 Å². The van der Waals surface area contributed by atoms with Crippen LogP contribution in [0.25, 0.3) is 0 Å². The fourth-order valence-electron chi connectivity index (χ4n) is 4.74. The van der Waals surface area contributed by atoms with Crippen LogP contribution in [-0.4, -0.2) is 91.7 Å². The van der Waals surface area contributed by atoms with E-state index in [1.807, 2.05) is 0 Å². The lowest BCUT2D eigenvalue weighted by Crippen LogP contribution is -2.42. The minimum Gasteiger partial charge on any atom is -0.302 e. The van der Waals surface area contributed by atoms with Gasteiger partial charge in [-0.3, -0.25) is 14.7 Å². The second-order valence-electron chi connectivity index (χ2n) is 8.50. The molecule has 0 aromatic heterocycles. The smallest absolute Gasteiger partial charge is 0.0507 e. The monoisotopic (exact) mass is 334 g/mol. The van der Waals surface area contributed by atoms with E-state index in [-0.39, 0.29) is 0 Å². The molecule has 0 aliphatic carbocycles. The van der Waals surface area contributed by atoms with Crippen LogP contribution >= 0.6 is 0 Å². The standard InChI is InChI=1S/C20H38N4/c1-19-15-20(2)17-24(16-19)14-13-23-12-11-22(18-23)10-6-9-21-7-4-3-5-8-21/h3-4,19-20H,5-18H2,1-2H3. The number of nitrogens with zero attached hydrogens (tertiary/aromatic N) is 4. The average molecular weight is 335 g/mol. The molecule has 138 valence electrons.